The third kappa shape index (κ3) is 2.79. The molecule has 2 aromatic rings. The van der Waals surface area contributed by atoms with Gasteiger partial charge in [0.05, 0.1) is 11.9 Å². The second kappa shape index (κ2) is 5.63. The topological polar surface area (TPSA) is 38.1 Å². The molecule has 0 fully saturated rings. The fourth-order valence-corrected chi connectivity index (χ4v) is 2.61. The zero-order valence-electron chi connectivity index (χ0n) is 11.4. The summed E-state index contributed by atoms with van der Waals surface area (Å²) in [5, 5.41) is 3.95. The number of Topliss-reactive ketones (excluding diaryl/α,β-unsaturated/α-hetero) is 1. The van der Waals surface area contributed by atoms with Gasteiger partial charge in [0.25, 0.3) is 6.43 Å². The van der Waals surface area contributed by atoms with E-state index in [9.17, 15) is 13.6 Å². The number of fused-ring (bicyclic) bond motifs is 1. The molecule has 2 heterocycles. The fourth-order valence-electron chi connectivity index (χ4n) is 2.61. The van der Waals surface area contributed by atoms with E-state index in [-0.39, 0.29) is 5.78 Å². The summed E-state index contributed by atoms with van der Waals surface area (Å²) in [7, 11) is 0. The van der Waals surface area contributed by atoms with Gasteiger partial charge in [0.15, 0.2) is 5.78 Å². The predicted octanol–water partition coefficient (Wildman–Crippen LogP) is 2.74. The van der Waals surface area contributed by atoms with Crippen LogP contribution in [0.1, 0.15) is 22.5 Å². The average Bonchev–Trinajstić information content (AvgIpc) is 2.87. The summed E-state index contributed by atoms with van der Waals surface area (Å²) in [4.78, 5) is 14.0. The second-order valence-electron chi connectivity index (χ2n) is 5.03. The minimum atomic E-state index is -2.52. The maximum Gasteiger partial charge on any atom is 0.257 e. The first kappa shape index (κ1) is 13.7. The van der Waals surface area contributed by atoms with Gasteiger partial charge >= 0.3 is 0 Å². The quantitative estimate of drug-likeness (QED) is 0.869. The van der Waals surface area contributed by atoms with Crippen molar-refractivity contribution < 1.29 is 13.6 Å². The lowest BCUT2D eigenvalue weighted by Gasteiger charge is -2.28. The van der Waals surface area contributed by atoms with Crippen molar-refractivity contribution >= 4 is 11.5 Å². The van der Waals surface area contributed by atoms with Crippen molar-refractivity contribution in [2.75, 3.05) is 11.4 Å². The number of carbonyl (C=O) groups excluding carboxylic acids is 1. The van der Waals surface area contributed by atoms with Crippen LogP contribution in [0.2, 0.25) is 0 Å². The van der Waals surface area contributed by atoms with E-state index >= 15 is 0 Å². The summed E-state index contributed by atoms with van der Waals surface area (Å²) >= 11 is 0. The van der Waals surface area contributed by atoms with Gasteiger partial charge in [-0.25, -0.2) is 8.78 Å². The number of hydrogen-bond acceptors (Lipinski definition) is 3. The van der Waals surface area contributed by atoms with Gasteiger partial charge in [-0.3, -0.25) is 9.48 Å². The van der Waals surface area contributed by atoms with Gasteiger partial charge in [-0.2, -0.15) is 5.10 Å². The lowest BCUT2D eigenvalue weighted by Crippen LogP contribution is -2.32. The van der Waals surface area contributed by atoms with Gasteiger partial charge in [-0.05, 0) is 5.56 Å². The van der Waals surface area contributed by atoms with Gasteiger partial charge in [-0.15, -0.1) is 0 Å². The van der Waals surface area contributed by atoms with Gasteiger partial charge in [0, 0.05) is 19.5 Å². The Balaban J connectivity index is 1.89. The van der Waals surface area contributed by atoms with Crippen LogP contribution in [0.5, 0.6) is 0 Å². The van der Waals surface area contributed by atoms with Crippen molar-refractivity contribution in [2.24, 2.45) is 0 Å². The standard InChI is InChI=1S/C15H15F2N3O/c16-14(17)10-20-15-12(8-18-20)19(7-6-13(15)21)9-11-4-2-1-3-5-11/h1-5,8,14H,6-7,9-10H2. The normalized spacial score (nSPS) is 14.6. The number of nitrogens with zero attached hydrogens (tertiary/aromatic N) is 3. The molecule has 0 amide bonds. The molecule has 21 heavy (non-hydrogen) atoms. The maximum absolute atomic E-state index is 12.6. The third-order valence-corrected chi connectivity index (χ3v) is 3.56. The van der Waals surface area contributed by atoms with Gasteiger partial charge in [0.2, 0.25) is 0 Å². The Hall–Kier alpha value is -2.24. The second-order valence-corrected chi connectivity index (χ2v) is 5.03. The van der Waals surface area contributed by atoms with Gasteiger partial charge < -0.3 is 4.90 Å². The molecule has 1 aliphatic heterocycles. The number of carbonyl (C=O) groups is 1. The first-order valence-electron chi connectivity index (χ1n) is 6.81. The van der Waals surface area contributed by atoms with Crippen LogP contribution in [0.4, 0.5) is 14.5 Å². The minimum Gasteiger partial charge on any atom is -0.364 e. The summed E-state index contributed by atoms with van der Waals surface area (Å²) < 4.78 is 26.2. The van der Waals surface area contributed by atoms with E-state index in [0.29, 0.717) is 30.9 Å². The minimum absolute atomic E-state index is 0.118. The van der Waals surface area contributed by atoms with Gasteiger partial charge in [-0.1, -0.05) is 30.3 Å². The molecule has 1 aliphatic rings. The smallest absolute Gasteiger partial charge is 0.257 e. The Morgan fingerprint density at radius 3 is 2.71 bits per heavy atom. The summed E-state index contributed by atoms with van der Waals surface area (Å²) in [6, 6.07) is 9.84. The highest BCUT2D eigenvalue weighted by atomic mass is 19.3. The predicted molar refractivity (Wildman–Crippen MR) is 74.7 cm³/mol. The van der Waals surface area contributed by atoms with Crippen LogP contribution in [0, 0.1) is 0 Å². The van der Waals surface area contributed by atoms with E-state index < -0.39 is 13.0 Å². The fraction of sp³-hybridized carbons (Fsp3) is 0.333. The molecule has 6 heteroatoms. The summed E-state index contributed by atoms with van der Waals surface area (Å²) in [5.41, 5.74) is 2.06. The van der Waals surface area contributed by atoms with Crippen LogP contribution in [0.25, 0.3) is 0 Å². The molecule has 4 nitrogen and oxygen atoms in total. The van der Waals surface area contributed by atoms with Crippen LogP contribution in [0.15, 0.2) is 36.5 Å². The number of rotatable bonds is 4. The molecular weight excluding hydrogens is 276 g/mol. The van der Waals surface area contributed by atoms with E-state index in [1.165, 1.54) is 6.20 Å². The lowest BCUT2D eigenvalue weighted by molar-refractivity contribution is 0.0948. The molecule has 0 radical (unpaired) electrons. The van der Waals surface area contributed by atoms with Crippen LogP contribution < -0.4 is 4.90 Å². The summed E-state index contributed by atoms with van der Waals surface area (Å²) in [6.45, 7) is 0.683. The maximum atomic E-state index is 12.6. The number of hydrogen-bond donors (Lipinski definition) is 0. The Kier molecular flexibility index (Phi) is 3.68. The van der Waals surface area contributed by atoms with E-state index in [1.807, 2.05) is 35.2 Å². The number of ketones is 1. The molecule has 0 bridgehead atoms. The van der Waals surface area contributed by atoms with Crippen LogP contribution >= 0.6 is 0 Å². The summed E-state index contributed by atoms with van der Waals surface area (Å²) in [5.74, 6) is -0.118. The molecule has 3 rings (SSSR count). The molecule has 1 aromatic heterocycles. The van der Waals surface area contributed by atoms with Crippen molar-refractivity contribution in [1.82, 2.24) is 9.78 Å². The zero-order valence-corrected chi connectivity index (χ0v) is 11.4. The van der Waals surface area contributed by atoms with E-state index in [0.717, 1.165) is 10.2 Å². The molecule has 0 saturated heterocycles. The van der Waals surface area contributed by atoms with Crippen LogP contribution in [-0.2, 0) is 13.1 Å². The van der Waals surface area contributed by atoms with Crippen molar-refractivity contribution in [3.05, 3.63) is 47.8 Å². The zero-order chi connectivity index (χ0) is 14.8. The van der Waals surface area contributed by atoms with Crippen molar-refractivity contribution in [3.8, 4) is 0 Å². The monoisotopic (exact) mass is 291 g/mol. The van der Waals surface area contributed by atoms with Crippen LogP contribution in [-0.4, -0.2) is 28.5 Å². The molecule has 0 atom stereocenters. The third-order valence-electron chi connectivity index (χ3n) is 3.56. The first-order chi connectivity index (χ1) is 10.1. The highest BCUT2D eigenvalue weighted by Gasteiger charge is 2.28. The first-order valence-corrected chi connectivity index (χ1v) is 6.81. The van der Waals surface area contributed by atoms with Crippen LogP contribution in [0.3, 0.4) is 0 Å². The van der Waals surface area contributed by atoms with E-state index in [1.54, 1.807) is 0 Å². The van der Waals surface area contributed by atoms with Crippen molar-refractivity contribution in [3.63, 3.8) is 0 Å². The van der Waals surface area contributed by atoms with Crippen molar-refractivity contribution in [2.45, 2.75) is 25.9 Å². The molecule has 0 aliphatic carbocycles. The summed E-state index contributed by atoms with van der Waals surface area (Å²) in [6.07, 6.45) is -0.682. The molecule has 0 N–H and O–H groups in total. The SMILES string of the molecule is O=C1CCN(Cc2ccccc2)c2cnn(CC(F)F)c21. The Bertz CT molecular complexity index is 640. The molecular formula is C15H15F2N3O. The number of aromatic nitrogens is 2. The number of anilines is 1. The molecule has 0 spiro atoms. The van der Waals surface area contributed by atoms with E-state index in [2.05, 4.69) is 5.10 Å². The Labute approximate surface area is 121 Å². The largest absolute Gasteiger partial charge is 0.364 e. The molecule has 1 aromatic carbocycles. The van der Waals surface area contributed by atoms with Gasteiger partial charge in [0.1, 0.15) is 12.2 Å². The molecule has 110 valence electrons. The lowest BCUT2D eigenvalue weighted by atomic mass is 10.1. The molecule has 0 saturated carbocycles. The highest BCUT2D eigenvalue weighted by Crippen LogP contribution is 2.28. The Morgan fingerprint density at radius 2 is 2.00 bits per heavy atom. The van der Waals surface area contributed by atoms with Crippen molar-refractivity contribution in [1.29, 1.82) is 0 Å². The average molecular weight is 291 g/mol. The number of halogens is 2. The highest BCUT2D eigenvalue weighted by molar-refractivity contribution is 6.01. The Morgan fingerprint density at radius 1 is 1.24 bits per heavy atom. The number of alkyl halides is 2. The number of benzene rings is 1. The molecule has 0 unspecified atom stereocenters. The van der Waals surface area contributed by atoms with E-state index in [4.69, 9.17) is 0 Å².